The van der Waals surface area contributed by atoms with E-state index < -0.39 is 6.10 Å². The molecule has 1 aromatic heterocycles. The molecule has 18 heavy (non-hydrogen) atoms. The van der Waals surface area contributed by atoms with E-state index in [-0.39, 0.29) is 5.91 Å². The van der Waals surface area contributed by atoms with Crippen LogP contribution in [-0.4, -0.2) is 22.1 Å². The number of hydrogen-bond donors (Lipinski definition) is 2. The van der Waals surface area contributed by atoms with Gasteiger partial charge >= 0.3 is 0 Å². The van der Waals surface area contributed by atoms with Crippen LogP contribution in [0.3, 0.4) is 0 Å². The van der Waals surface area contributed by atoms with Gasteiger partial charge in [0, 0.05) is 25.5 Å². The van der Waals surface area contributed by atoms with Gasteiger partial charge in [-0.25, -0.2) is 0 Å². The van der Waals surface area contributed by atoms with Gasteiger partial charge in [0.2, 0.25) is 0 Å². The Morgan fingerprint density at radius 2 is 1.83 bits per heavy atom. The van der Waals surface area contributed by atoms with Crippen molar-refractivity contribution in [3.8, 4) is 0 Å². The Morgan fingerprint density at radius 1 is 1.17 bits per heavy atom. The molecule has 0 bridgehead atoms. The third-order valence-corrected chi connectivity index (χ3v) is 2.70. The van der Waals surface area contributed by atoms with Crippen LogP contribution < -0.4 is 5.32 Å². The summed E-state index contributed by atoms with van der Waals surface area (Å²) in [6, 6.07) is 12.8. The molecule has 4 heteroatoms. The topological polar surface area (TPSA) is 54.3 Å². The normalized spacial score (nSPS) is 12.1. The summed E-state index contributed by atoms with van der Waals surface area (Å²) in [7, 11) is 0. The first kappa shape index (κ1) is 12.4. The molecule has 0 aliphatic heterocycles. The van der Waals surface area contributed by atoms with E-state index in [2.05, 4.69) is 5.32 Å². The van der Waals surface area contributed by atoms with Gasteiger partial charge in [0.15, 0.2) is 6.10 Å². The lowest BCUT2D eigenvalue weighted by Gasteiger charge is -2.11. The highest BCUT2D eigenvalue weighted by molar-refractivity contribution is 5.81. The summed E-state index contributed by atoms with van der Waals surface area (Å²) in [5.41, 5.74) is 0.607. The second kappa shape index (κ2) is 6.02. The average molecular weight is 244 g/mol. The number of amides is 1. The maximum Gasteiger partial charge on any atom is 0.253 e. The molecule has 1 unspecified atom stereocenters. The number of carbonyl (C=O) groups is 1. The van der Waals surface area contributed by atoms with E-state index >= 15 is 0 Å². The van der Waals surface area contributed by atoms with Crippen LogP contribution in [0.4, 0.5) is 0 Å². The Kier molecular flexibility index (Phi) is 4.15. The first-order chi connectivity index (χ1) is 8.77. The quantitative estimate of drug-likeness (QED) is 0.834. The molecular formula is C14H16N2O2. The summed E-state index contributed by atoms with van der Waals surface area (Å²) in [5.74, 6) is -0.367. The van der Waals surface area contributed by atoms with Crippen molar-refractivity contribution >= 4 is 5.91 Å². The minimum atomic E-state index is -1.10. The summed E-state index contributed by atoms with van der Waals surface area (Å²) in [6.45, 7) is 1.19. The van der Waals surface area contributed by atoms with Crippen LogP contribution in [0.25, 0.3) is 0 Å². The molecule has 0 aliphatic carbocycles. The molecule has 1 aromatic carbocycles. The molecule has 0 radical (unpaired) electrons. The molecule has 0 saturated heterocycles. The SMILES string of the molecule is O=C(NCCn1cccc1)C(O)c1ccccc1. The van der Waals surface area contributed by atoms with E-state index in [1.54, 1.807) is 24.3 Å². The van der Waals surface area contributed by atoms with E-state index in [1.807, 2.05) is 35.2 Å². The van der Waals surface area contributed by atoms with E-state index in [4.69, 9.17) is 0 Å². The van der Waals surface area contributed by atoms with E-state index in [0.29, 0.717) is 18.7 Å². The van der Waals surface area contributed by atoms with Gasteiger partial charge in [-0.2, -0.15) is 0 Å². The molecule has 0 saturated carbocycles. The number of carbonyl (C=O) groups excluding carboxylic acids is 1. The van der Waals surface area contributed by atoms with Crippen LogP contribution in [-0.2, 0) is 11.3 Å². The number of benzene rings is 1. The molecule has 2 N–H and O–H groups in total. The first-order valence-electron chi connectivity index (χ1n) is 5.89. The zero-order valence-electron chi connectivity index (χ0n) is 9.99. The third-order valence-electron chi connectivity index (χ3n) is 2.70. The Hall–Kier alpha value is -2.07. The van der Waals surface area contributed by atoms with E-state index in [0.717, 1.165) is 0 Å². The summed E-state index contributed by atoms with van der Waals surface area (Å²) in [5, 5.41) is 12.5. The molecule has 1 heterocycles. The maximum absolute atomic E-state index is 11.7. The van der Waals surface area contributed by atoms with Crippen LogP contribution in [0.1, 0.15) is 11.7 Å². The van der Waals surface area contributed by atoms with E-state index in [1.165, 1.54) is 0 Å². The fourth-order valence-corrected chi connectivity index (χ4v) is 1.71. The second-order valence-corrected chi connectivity index (χ2v) is 4.03. The lowest BCUT2D eigenvalue weighted by molar-refractivity contribution is -0.129. The van der Waals surface area contributed by atoms with Crippen molar-refractivity contribution in [2.45, 2.75) is 12.6 Å². The van der Waals surface area contributed by atoms with Crippen molar-refractivity contribution in [1.29, 1.82) is 0 Å². The molecule has 4 nitrogen and oxygen atoms in total. The van der Waals surface area contributed by atoms with Gasteiger partial charge in [-0.3, -0.25) is 4.79 Å². The molecule has 94 valence electrons. The van der Waals surface area contributed by atoms with Crippen LogP contribution in [0, 0.1) is 0 Å². The molecule has 1 atom stereocenters. The fraction of sp³-hybridized carbons (Fsp3) is 0.214. The highest BCUT2D eigenvalue weighted by Crippen LogP contribution is 2.11. The number of rotatable bonds is 5. The van der Waals surface area contributed by atoms with Crippen LogP contribution >= 0.6 is 0 Å². The van der Waals surface area contributed by atoms with Crippen LogP contribution in [0.2, 0.25) is 0 Å². The minimum absolute atomic E-state index is 0.367. The van der Waals surface area contributed by atoms with Gasteiger partial charge < -0.3 is 15.0 Å². The second-order valence-electron chi connectivity index (χ2n) is 4.03. The first-order valence-corrected chi connectivity index (χ1v) is 5.89. The van der Waals surface area contributed by atoms with Gasteiger partial charge in [0.05, 0.1) is 0 Å². The predicted molar refractivity (Wildman–Crippen MR) is 68.8 cm³/mol. The average Bonchev–Trinajstić information content (AvgIpc) is 2.92. The Labute approximate surface area is 106 Å². The molecule has 0 fully saturated rings. The number of aliphatic hydroxyl groups excluding tert-OH is 1. The molecular weight excluding hydrogens is 228 g/mol. The predicted octanol–water partition coefficient (Wildman–Crippen LogP) is 1.34. The molecule has 0 spiro atoms. The highest BCUT2D eigenvalue weighted by atomic mass is 16.3. The van der Waals surface area contributed by atoms with Crippen molar-refractivity contribution < 1.29 is 9.90 Å². The maximum atomic E-state index is 11.7. The van der Waals surface area contributed by atoms with Gasteiger partial charge in [-0.1, -0.05) is 30.3 Å². The van der Waals surface area contributed by atoms with Crippen molar-refractivity contribution in [1.82, 2.24) is 9.88 Å². The number of aromatic nitrogens is 1. The Bertz CT molecular complexity index is 480. The minimum Gasteiger partial charge on any atom is -0.378 e. The number of aliphatic hydroxyl groups is 1. The van der Waals surface area contributed by atoms with Gasteiger partial charge in [-0.15, -0.1) is 0 Å². The fourth-order valence-electron chi connectivity index (χ4n) is 1.71. The summed E-state index contributed by atoms with van der Waals surface area (Å²) in [6.07, 6.45) is 2.76. The number of hydrogen-bond acceptors (Lipinski definition) is 2. The molecule has 0 aliphatic rings. The lowest BCUT2D eigenvalue weighted by Crippen LogP contribution is -2.31. The Morgan fingerprint density at radius 3 is 2.50 bits per heavy atom. The van der Waals surface area contributed by atoms with E-state index in [9.17, 15) is 9.90 Å². The molecule has 2 rings (SSSR count). The summed E-state index contributed by atoms with van der Waals surface area (Å²) < 4.78 is 1.97. The highest BCUT2D eigenvalue weighted by Gasteiger charge is 2.15. The van der Waals surface area contributed by atoms with Crippen LogP contribution in [0.15, 0.2) is 54.9 Å². The molecule has 1 amide bonds. The number of nitrogens with zero attached hydrogens (tertiary/aromatic N) is 1. The molecule has 2 aromatic rings. The van der Waals surface area contributed by atoms with Crippen molar-refractivity contribution in [2.24, 2.45) is 0 Å². The monoisotopic (exact) mass is 244 g/mol. The summed E-state index contributed by atoms with van der Waals surface area (Å²) >= 11 is 0. The van der Waals surface area contributed by atoms with Crippen molar-refractivity contribution in [3.05, 3.63) is 60.4 Å². The van der Waals surface area contributed by atoms with Gasteiger partial charge in [0.1, 0.15) is 0 Å². The standard InChI is InChI=1S/C14H16N2O2/c17-13(12-6-2-1-3-7-12)14(18)15-8-11-16-9-4-5-10-16/h1-7,9-10,13,17H,8,11H2,(H,15,18). The summed E-state index contributed by atoms with van der Waals surface area (Å²) in [4.78, 5) is 11.7. The van der Waals surface area contributed by atoms with Gasteiger partial charge in [0.25, 0.3) is 5.91 Å². The zero-order chi connectivity index (χ0) is 12.8. The van der Waals surface area contributed by atoms with Crippen molar-refractivity contribution in [3.63, 3.8) is 0 Å². The van der Waals surface area contributed by atoms with Gasteiger partial charge in [-0.05, 0) is 17.7 Å². The lowest BCUT2D eigenvalue weighted by atomic mass is 10.1. The number of nitrogens with one attached hydrogen (secondary N) is 1. The van der Waals surface area contributed by atoms with Crippen LogP contribution in [0.5, 0.6) is 0 Å². The Balaban J connectivity index is 1.81. The smallest absolute Gasteiger partial charge is 0.253 e. The van der Waals surface area contributed by atoms with Crippen molar-refractivity contribution in [2.75, 3.05) is 6.54 Å². The zero-order valence-corrected chi connectivity index (χ0v) is 9.99. The largest absolute Gasteiger partial charge is 0.378 e. The third kappa shape index (κ3) is 3.21.